The molecule has 0 bridgehead atoms. The first kappa shape index (κ1) is 19.4. The highest BCUT2D eigenvalue weighted by Crippen LogP contribution is 2.32. The first-order valence-corrected chi connectivity index (χ1v) is 10.0. The van der Waals surface area contributed by atoms with E-state index in [9.17, 15) is 12.8 Å². The summed E-state index contributed by atoms with van der Waals surface area (Å²) < 4.78 is 47.5. The van der Waals surface area contributed by atoms with E-state index in [4.69, 9.17) is 21.6 Å². The SMILES string of the molecule is COc1nc(NS(=O)(=O)c2c[nH]c3cc(Cl)c(Br)cc23)c(F)cc1CC#N. The van der Waals surface area contributed by atoms with Crippen molar-refractivity contribution in [3.05, 3.63) is 45.3 Å². The molecule has 0 atom stereocenters. The second kappa shape index (κ2) is 7.34. The Morgan fingerprint density at radius 2 is 2.19 bits per heavy atom. The van der Waals surface area contributed by atoms with E-state index in [-0.39, 0.29) is 22.8 Å². The second-order valence-corrected chi connectivity index (χ2v) is 8.30. The van der Waals surface area contributed by atoms with Crippen molar-refractivity contribution in [2.24, 2.45) is 0 Å². The third-order valence-electron chi connectivity index (χ3n) is 3.68. The number of nitriles is 1. The largest absolute Gasteiger partial charge is 0.481 e. The Bertz CT molecular complexity index is 1190. The molecule has 2 heterocycles. The monoisotopic (exact) mass is 472 g/mol. The third kappa shape index (κ3) is 3.71. The maximum Gasteiger partial charge on any atom is 0.265 e. The second-order valence-electron chi connectivity index (χ2n) is 5.39. The maximum absolute atomic E-state index is 14.3. The topological polar surface area (TPSA) is 108 Å². The van der Waals surface area contributed by atoms with Crippen molar-refractivity contribution < 1.29 is 17.5 Å². The fourth-order valence-corrected chi connectivity index (χ4v) is 4.15. The molecule has 0 spiro atoms. The van der Waals surface area contributed by atoms with E-state index in [1.54, 1.807) is 12.1 Å². The highest BCUT2D eigenvalue weighted by molar-refractivity contribution is 9.10. The zero-order chi connectivity index (χ0) is 19.8. The zero-order valence-electron chi connectivity index (χ0n) is 13.7. The molecule has 27 heavy (non-hydrogen) atoms. The maximum atomic E-state index is 14.3. The van der Waals surface area contributed by atoms with Crippen LogP contribution in [-0.4, -0.2) is 25.5 Å². The molecule has 0 radical (unpaired) electrons. The minimum Gasteiger partial charge on any atom is -0.481 e. The van der Waals surface area contributed by atoms with Crippen molar-refractivity contribution in [3.63, 3.8) is 0 Å². The minimum atomic E-state index is -4.17. The van der Waals surface area contributed by atoms with Gasteiger partial charge in [-0.2, -0.15) is 10.2 Å². The Kier molecular flexibility index (Phi) is 5.28. The van der Waals surface area contributed by atoms with Crippen LogP contribution < -0.4 is 9.46 Å². The van der Waals surface area contributed by atoms with Crippen LogP contribution in [0.2, 0.25) is 5.02 Å². The van der Waals surface area contributed by atoms with Crippen LogP contribution in [0, 0.1) is 17.1 Å². The number of benzene rings is 1. The van der Waals surface area contributed by atoms with Gasteiger partial charge in [0.15, 0.2) is 11.6 Å². The fourth-order valence-electron chi connectivity index (χ4n) is 2.47. The molecular weight excluding hydrogens is 463 g/mol. The summed E-state index contributed by atoms with van der Waals surface area (Å²) >= 11 is 9.25. The molecule has 2 N–H and O–H groups in total. The molecule has 0 aliphatic rings. The molecule has 0 fully saturated rings. The standard InChI is InChI=1S/C16H11BrClFN4O3S/c1-26-16-8(2-3-20)4-12(19)15(22-16)23-27(24,25)14-7-21-13-6-11(18)10(17)5-9(13)14/h4-7,21H,2H2,1H3,(H,22,23). The number of ether oxygens (including phenoxy) is 1. The van der Waals surface area contributed by atoms with Crippen molar-refractivity contribution in [2.45, 2.75) is 11.3 Å². The molecule has 11 heteroatoms. The van der Waals surface area contributed by atoms with Gasteiger partial charge in [0.05, 0.1) is 24.6 Å². The molecule has 0 aliphatic carbocycles. The summed E-state index contributed by atoms with van der Waals surface area (Å²) in [6, 6.07) is 5.99. The molecule has 0 saturated carbocycles. The van der Waals surface area contributed by atoms with E-state index in [0.29, 0.717) is 20.4 Å². The predicted octanol–water partition coefficient (Wildman–Crippen LogP) is 3.99. The van der Waals surface area contributed by atoms with Gasteiger partial charge in [0.25, 0.3) is 10.0 Å². The van der Waals surface area contributed by atoms with Crippen LogP contribution in [0.15, 0.2) is 33.8 Å². The van der Waals surface area contributed by atoms with Crippen molar-refractivity contribution in [1.29, 1.82) is 5.26 Å². The van der Waals surface area contributed by atoms with Crippen LogP contribution >= 0.6 is 27.5 Å². The fraction of sp³-hybridized carbons (Fsp3) is 0.125. The summed E-state index contributed by atoms with van der Waals surface area (Å²) in [5, 5.41) is 9.55. The van der Waals surface area contributed by atoms with Gasteiger partial charge in [-0.05, 0) is 34.1 Å². The van der Waals surface area contributed by atoms with Gasteiger partial charge in [-0.1, -0.05) is 11.6 Å². The summed E-state index contributed by atoms with van der Waals surface area (Å²) in [6.45, 7) is 0. The number of hydrogen-bond acceptors (Lipinski definition) is 5. The number of anilines is 1. The molecule has 1 aromatic carbocycles. The molecule has 0 amide bonds. The van der Waals surface area contributed by atoms with Crippen LogP contribution in [0.5, 0.6) is 5.88 Å². The summed E-state index contributed by atoms with van der Waals surface area (Å²) in [5.41, 5.74) is 0.713. The van der Waals surface area contributed by atoms with Crippen molar-refractivity contribution in [2.75, 3.05) is 11.8 Å². The Labute approximate surface area is 167 Å². The molecule has 7 nitrogen and oxygen atoms in total. The average molecular weight is 474 g/mol. The molecule has 0 unspecified atom stereocenters. The normalized spacial score (nSPS) is 11.4. The number of sulfonamides is 1. The lowest BCUT2D eigenvalue weighted by atomic mass is 10.2. The first-order chi connectivity index (χ1) is 12.8. The van der Waals surface area contributed by atoms with E-state index < -0.39 is 21.7 Å². The summed E-state index contributed by atoms with van der Waals surface area (Å²) in [5.74, 6) is -1.49. The van der Waals surface area contributed by atoms with Gasteiger partial charge in [-0.15, -0.1) is 0 Å². The van der Waals surface area contributed by atoms with E-state index in [0.717, 1.165) is 6.07 Å². The Morgan fingerprint density at radius 3 is 2.85 bits per heavy atom. The van der Waals surface area contributed by atoms with E-state index in [2.05, 4.69) is 30.6 Å². The number of fused-ring (bicyclic) bond motifs is 1. The molecule has 0 aliphatic heterocycles. The van der Waals surface area contributed by atoms with Crippen molar-refractivity contribution in [3.8, 4) is 11.9 Å². The third-order valence-corrected chi connectivity index (χ3v) is 6.26. The molecule has 140 valence electrons. The lowest BCUT2D eigenvalue weighted by molar-refractivity contribution is 0.392. The predicted molar refractivity (Wildman–Crippen MR) is 102 cm³/mol. The zero-order valence-corrected chi connectivity index (χ0v) is 16.8. The van der Waals surface area contributed by atoms with Gasteiger partial charge in [-0.3, -0.25) is 4.72 Å². The lowest BCUT2D eigenvalue weighted by Gasteiger charge is -2.11. The molecular formula is C16H11BrClFN4O3S. The Morgan fingerprint density at radius 1 is 1.44 bits per heavy atom. The van der Waals surface area contributed by atoms with Gasteiger partial charge in [-0.25, -0.2) is 12.8 Å². The minimum absolute atomic E-state index is 0.0379. The van der Waals surface area contributed by atoms with E-state index in [1.165, 1.54) is 13.3 Å². The lowest BCUT2D eigenvalue weighted by Crippen LogP contribution is -2.15. The number of pyridine rings is 1. The van der Waals surface area contributed by atoms with Gasteiger partial charge in [0, 0.05) is 27.1 Å². The number of aromatic amines is 1. The Hall–Kier alpha value is -2.35. The van der Waals surface area contributed by atoms with Crippen molar-refractivity contribution >= 4 is 54.3 Å². The van der Waals surface area contributed by atoms with E-state index >= 15 is 0 Å². The molecule has 3 rings (SSSR count). The smallest absolute Gasteiger partial charge is 0.265 e. The number of methoxy groups -OCH3 is 1. The van der Waals surface area contributed by atoms with Crippen molar-refractivity contribution in [1.82, 2.24) is 9.97 Å². The quantitative estimate of drug-likeness (QED) is 0.582. The van der Waals surface area contributed by atoms with Crippen LogP contribution in [0.3, 0.4) is 0 Å². The molecule has 2 aromatic heterocycles. The average Bonchev–Trinajstić information content (AvgIpc) is 3.01. The number of aromatic nitrogens is 2. The number of rotatable bonds is 5. The van der Waals surface area contributed by atoms with Gasteiger partial charge >= 0.3 is 0 Å². The molecule has 0 saturated heterocycles. The highest BCUT2D eigenvalue weighted by Gasteiger charge is 2.23. The molecule has 3 aromatic rings. The van der Waals surface area contributed by atoms with Crippen LogP contribution in [0.4, 0.5) is 10.2 Å². The van der Waals surface area contributed by atoms with Gasteiger partial charge < -0.3 is 9.72 Å². The van der Waals surface area contributed by atoms with Crippen LogP contribution in [0.25, 0.3) is 10.9 Å². The van der Waals surface area contributed by atoms with Gasteiger partial charge in [0.1, 0.15) is 4.90 Å². The van der Waals surface area contributed by atoms with E-state index in [1.807, 2.05) is 6.07 Å². The number of nitrogens with one attached hydrogen (secondary N) is 2. The number of hydrogen-bond donors (Lipinski definition) is 2. The number of halogens is 3. The van der Waals surface area contributed by atoms with Crippen LogP contribution in [-0.2, 0) is 16.4 Å². The summed E-state index contributed by atoms with van der Waals surface area (Å²) in [6.07, 6.45) is 1.15. The Balaban J connectivity index is 2.05. The number of H-pyrrole nitrogens is 1. The highest BCUT2D eigenvalue weighted by atomic mass is 79.9. The number of nitrogens with zero attached hydrogens (tertiary/aromatic N) is 2. The van der Waals surface area contributed by atoms with Gasteiger partial charge in [0.2, 0.25) is 5.88 Å². The summed E-state index contributed by atoms with van der Waals surface area (Å²) in [4.78, 5) is 6.55. The first-order valence-electron chi connectivity index (χ1n) is 7.36. The van der Waals surface area contributed by atoms with Crippen LogP contribution in [0.1, 0.15) is 5.56 Å². The summed E-state index contributed by atoms with van der Waals surface area (Å²) in [7, 11) is -2.88.